The fraction of sp³-hybridized carbons (Fsp3) is 0.200. The molecule has 2 aromatic carbocycles. The Morgan fingerprint density at radius 2 is 1.65 bits per heavy atom. The largest absolute Gasteiger partial charge is 0.388 e. The number of aliphatic hydroxyl groups excluding tert-OH is 1. The number of aliphatic hydroxyl groups is 1. The highest BCUT2D eigenvalue weighted by atomic mass is 19.1. The van der Waals surface area contributed by atoms with Crippen LogP contribution in [0.15, 0.2) is 42.5 Å². The van der Waals surface area contributed by atoms with Gasteiger partial charge in [-0.3, -0.25) is 0 Å². The number of hydrogen-bond acceptors (Lipinski definition) is 2. The summed E-state index contributed by atoms with van der Waals surface area (Å²) < 4.78 is 40.3. The van der Waals surface area contributed by atoms with Crippen molar-refractivity contribution in [2.24, 2.45) is 5.73 Å². The Hall–Kier alpha value is -1.85. The Balaban J connectivity index is 2.39. The Morgan fingerprint density at radius 3 is 2.25 bits per heavy atom. The molecule has 5 heteroatoms. The molecule has 0 saturated carbocycles. The summed E-state index contributed by atoms with van der Waals surface area (Å²) in [7, 11) is 0. The van der Waals surface area contributed by atoms with Crippen LogP contribution in [0, 0.1) is 17.5 Å². The van der Waals surface area contributed by atoms with Crippen LogP contribution in [0.5, 0.6) is 0 Å². The van der Waals surface area contributed by atoms with Crippen molar-refractivity contribution in [2.75, 3.05) is 6.54 Å². The number of nitrogens with two attached hydrogens (primary N) is 1. The molecular weight excluding hydrogens is 267 g/mol. The van der Waals surface area contributed by atoms with Crippen LogP contribution in [0.25, 0.3) is 0 Å². The van der Waals surface area contributed by atoms with E-state index >= 15 is 0 Å². The number of rotatable bonds is 4. The number of hydrogen-bond donors (Lipinski definition) is 2. The van der Waals surface area contributed by atoms with Gasteiger partial charge in [0.25, 0.3) is 0 Å². The second kappa shape index (κ2) is 6.07. The zero-order valence-corrected chi connectivity index (χ0v) is 10.6. The lowest BCUT2D eigenvalue weighted by Gasteiger charge is -2.23. The number of halogens is 3. The van der Waals surface area contributed by atoms with Gasteiger partial charge in [0.1, 0.15) is 17.5 Å². The molecule has 2 nitrogen and oxygen atoms in total. The molecule has 0 amide bonds. The average molecular weight is 281 g/mol. The van der Waals surface area contributed by atoms with E-state index in [2.05, 4.69) is 0 Å². The molecule has 0 aliphatic heterocycles. The van der Waals surface area contributed by atoms with Crippen molar-refractivity contribution in [1.82, 2.24) is 0 Å². The first-order valence-corrected chi connectivity index (χ1v) is 6.12. The van der Waals surface area contributed by atoms with E-state index in [1.807, 2.05) is 0 Å². The monoisotopic (exact) mass is 281 g/mol. The molecule has 0 fully saturated rings. The maximum atomic E-state index is 13.7. The summed E-state index contributed by atoms with van der Waals surface area (Å²) in [4.78, 5) is 0. The SMILES string of the molecule is NCC(c1ccccc1F)C(O)c1ccc(F)cc1F. The van der Waals surface area contributed by atoms with E-state index in [-0.39, 0.29) is 17.7 Å². The molecule has 0 radical (unpaired) electrons. The molecule has 2 aromatic rings. The summed E-state index contributed by atoms with van der Waals surface area (Å²) in [5, 5.41) is 10.2. The topological polar surface area (TPSA) is 46.2 Å². The Kier molecular flexibility index (Phi) is 4.42. The summed E-state index contributed by atoms with van der Waals surface area (Å²) in [6, 6.07) is 8.69. The maximum absolute atomic E-state index is 13.7. The van der Waals surface area contributed by atoms with Gasteiger partial charge in [0.05, 0.1) is 6.10 Å². The van der Waals surface area contributed by atoms with E-state index in [1.165, 1.54) is 18.2 Å². The van der Waals surface area contributed by atoms with Crippen molar-refractivity contribution in [3.8, 4) is 0 Å². The van der Waals surface area contributed by atoms with Crippen molar-refractivity contribution in [1.29, 1.82) is 0 Å². The fourth-order valence-corrected chi connectivity index (χ4v) is 2.16. The first-order chi connectivity index (χ1) is 9.54. The van der Waals surface area contributed by atoms with Crippen LogP contribution in [0.4, 0.5) is 13.2 Å². The van der Waals surface area contributed by atoms with Crippen LogP contribution in [0.1, 0.15) is 23.1 Å². The van der Waals surface area contributed by atoms with Crippen molar-refractivity contribution in [2.45, 2.75) is 12.0 Å². The predicted octanol–water partition coefficient (Wildman–Crippen LogP) is 2.88. The molecule has 2 atom stereocenters. The van der Waals surface area contributed by atoms with Gasteiger partial charge in [0.2, 0.25) is 0 Å². The molecule has 2 unspecified atom stereocenters. The normalized spacial score (nSPS) is 14.1. The average Bonchev–Trinajstić information content (AvgIpc) is 2.41. The van der Waals surface area contributed by atoms with Gasteiger partial charge in [-0.1, -0.05) is 24.3 Å². The lowest BCUT2D eigenvalue weighted by Crippen LogP contribution is -2.22. The Labute approximate surface area is 114 Å². The molecule has 0 aromatic heterocycles. The van der Waals surface area contributed by atoms with Gasteiger partial charge in [-0.05, 0) is 17.7 Å². The molecule has 3 N–H and O–H groups in total. The van der Waals surface area contributed by atoms with E-state index in [4.69, 9.17) is 5.73 Å². The van der Waals surface area contributed by atoms with Crippen LogP contribution in [0.3, 0.4) is 0 Å². The third-order valence-electron chi connectivity index (χ3n) is 3.22. The maximum Gasteiger partial charge on any atom is 0.131 e. The van der Waals surface area contributed by atoms with Gasteiger partial charge in [-0.2, -0.15) is 0 Å². The second-order valence-electron chi connectivity index (χ2n) is 4.47. The summed E-state index contributed by atoms with van der Waals surface area (Å²) in [6.07, 6.45) is -1.35. The van der Waals surface area contributed by atoms with E-state index in [0.717, 1.165) is 12.1 Å². The van der Waals surface area contributed by atoms with Gasteiger partial charge < -0.3 is 10.8 Å². The first kappa shape index (κ1) is 14.6. The summed E-state index contributed by atoms with van der Waals surface area (Å²) >= 11 is 0. The molecule has 0 bridgehead atoms. The molecule has 0 aliphatic carbocycles. The Bertz CT molecular complexity index is 603. The van der Waals surface area contributed by atoms with Crippen LogP contribution < -0.4 is 5.73 Å². The minimum Gasteiger partial charge on any atom is -0.388 e. The smallest absolute Gasteiger partial charge is 0.131 e. The van der Waals surface area contributed by atoms with Crippen molar-refractivity contribution >= 4 is 0 Å². The van der Waals surface area contributed by atoms with Crippen molar-refractivity contribution in [3.05, 3.63) is 71.0 Å². The van der Waals surface area contributed by atoms with Gasteiger partial charge in [-0.15, -0.1) is 0 Å². The van der Waals surface area contributed by atoms with E-state index in [1.54, 1.807) is 6.07 Å². The molecular formula is C15H14F3NO. The highest BCUT2D eigenvalue weighted by Crippen LogP contribution is 2.32. The molecule has 0 spiro atoms. The van der Waals surface area contributed by atoms with Gasteiger partial charge >= 0.3 is 0 Å². The standard InChI is InChI=1S/C15H14F3NO/c16-9-5-6-11(14(18)7-9)15(20)12(8-19)10-3-1-2-4-13(10)17/h1-7,12,15,20H,8,19H2. The van der Waals surface area contributed by atoms with Crippen LogP contribution in [0.2, 0.25) is 0 Å². The third-order valence-corrected chi connectivity index (χ3v) is 3.22. The van der Waals surface area contributed by atoms with E-state index in [0.29, 0.717) is 6.07 Å². The van der Waals surface area contributed by atoms with E-state index in [9.17, 15) is 18.3 Å². The zero-order chi connectivity index (χ0) is 14.7. The minimum absolute atomic E-state index is 0.0705. The number of benzene rings is 2. The molecule has 0 aliphatic rings. The third kappa shape index (κ3) is 2.84. The molecule has 0 heterocycles. The highest BCUT2D eigenvalue weighted by Gasteiger charge is 2.26. The molecule has 20 heavy (non-hydrogen) atoms. The Morgan fingerprint density at radius 1 is 0.950 bits per heavy atom. The van der Waals surface area contributed by atoms with Crippen molar-refractivity contribution < 1.29 is 18.3 Å². The highest BCUT2D eigenvalue weighted by molar-refractivity contribution is 5.29. The fourth-order valence-electron chi connectivity index (χ4n) is 2.16. The molecule has 2 rings (SSSR count). The van der Waals surface area contributed by atoms with Crippen LogP contribution in [-0.2, 0) is 0 Å². The van der Waals surface area contributed by atoms with E-state index < -0.39 is 29.5 Å². The molecule has 106 valence electrons. The van der Waals surface area contributed by atoms with Crippen LogP contribution in [-0.4, -0.2) is 11.7 Å². The summed E-state index contributed by atoms with van der Waals surface area (Å²) in [5.74, 6) is -2.96. The summed E-state index contributed by atoms with van der Waals surface area (Å²) in [5.41, 5.74) is 5.66. The van der Waals surface area contributed by atoms with Crippen molar-refractivity contribution in [3.63, 3.8) is 0 Å². The minimum atomic E-state index is -1.35. The lowest BCUT2D eigenvalue weighted by atomic mass is 9.88. The quantitative estimate of drug-likeness (QED) is 0.905. The zero-order valence-electron chi connectivity index (χ0n) is 10.6. The lowest BCUT2D eigenvalue weighted by molar-refractivity contribution is 0.141. The van der Waals surface area contributed by atoms with Gasteiger partial charge in [0, 0.05) is 24.1 Å². The predicted molar refractivity (Wildman–Crippen MR) is 69.5 cm³/mol. The first-order valence-electron chi connectivity index (χ1n) is 6.12. The van der Waals surface area contributed by atoms with Crippen LogP contribution >= 0.6 is 0 Å². The summed E-state index contributed by atoms with van der Waals surface area (Å²) in [6.45, 7) is -0.0705. The van der Waals surface area contributed by atoms with Gasteiger partial charge in [0.15, 0.2) is 0 Å². The van der Waals surface area contributed by atoms with Gasteiger partial charge in [-0.25, -0.2) is 13.2 Å². The molecule has 0 saturated heterocycles. The second-order valence-corrected chi connectivity index (χ2v) is 4.47.